The number of rotatable bonds is 4. The molecule has 1 saturated carbocycles. The molecule has 1 aliphatic carbocycles. The van der Waals surface area contributed by atoms with E-state index in [0.717, 1.165) is 25.2 Å². The molecule has 1 aromatic heterocycles. The van der Waals surface area contributed by atoms with Crippen molar-refractivity contribution in [2.45, 2.75) is 45.1 Å². The maximum Gasteiger partial charge on any atom is 0.194 e. The Bertz CT molecular complexity index is 287. The van der Waals surface area contributed by atoms with Gasteiger partial charge in [0.2, 0.25) is 0 Å². The largest absolute Gasteiger partial charge is 0.304 e. The minimum atomic E-state index is -0.0166. The molecule has 15 heavy (non-hydrogen) atoms. The van der Waals surface area contributed by atoms with Gasteiger partial charge in [0.1, 0.15) is 0 Å². The van der Waals surface area contributed by atoms with Gasteiger partial charge in [-0.3, -0.25) is 0 Å². The van der Waals surface area contributed by atoms with E-state index in [2.05, 4.69) is 39.8 Å². The zero-order chi connectivity index (χ0) is 10.7. The van der Waals surface area contributed by atoms with Gasteiger partial charge in [-0.15, -0.1) is 10.2 Å². The summed E-state index contributed by atoms with van der Waals surface area (Å²) >= 11 is 0. The summed E-state index contributed by atoms with van der Waals surface area (Å²) in [6, 6.07) is 0. The molecule has 0 spiro atoms. The minimum Gasteiger partial charge on any atom is -0.304 e. The summed E-state index contributed by atoms with van der Waals surface area (Å²) in [6.07, 6.45) is 4.75. The third-order valence-corrected chi connectivity index (χ3v) is 3.08. The van der Waals surface area contributed by atoms with Gasteiger partial charge in [-0.1, -0.05) is 31.9 Å². The molecule has 84 valence electrons. The van der Waals surface area contributed by atoms with Crippen LogP contribution >= 0.6 is 0 Å². The van der Waals surface area contributed by atoms with Crippen LogP contribution in [-0.2, 0) is 5.54 Å². The van der Waals surface area contributed by atoms with Crippen LogP contribution in [-0.4, -0.2) is 27.2 Å². The first kappa shape index (κ1) is 10.5. The smallest absolute Gasteiger partial charge is 0.194 e. The van der Waals surface area contributed by atoms with Gasteiger partial charge in [0, 0.05) is 0 Å². The molecule has 0 aromatic carbocycles. The highest BCUT2D eigenvalue weighted by molar-refractivity contribution is 5.06. The average Bonchev–Trinajstić information content (AvgIpc) is 2.86. The van der Waals surface area contributed by atoms with E-state index in [9.17, 15) is 0 Å². The highest BCUT2D eigenvalue weighted by Crippen LogP contribution is 2.36. The van der Waals surface area contributed by atoms with Crippen molar-refractivity contribution in [1.82, 2.24) is 25.9 Å². The van der Waals surface area contributed by atoms with Crippen molar-refractivity contribution in [3.05, 3.63) is 5.82 Å². The van der Waals surface area contributed by atoms with Crippen molar-refractivity contribution >= 4 is 0 Å². The van der Waals surface area contributed by atoms with Crippen molar-refractivity contribution in [2.24, 2.45) is 5.92 Å². The number of H-pyrrole nitrogens is 1. The van der Waals surface area contributed by atoms with Crippen LogP contribution in [0.5, 0.6) is 0 Å². The Morgan fingerprint density at radius 3 is 2.67 bits per heavy atom. The fourth-order valence-electron chi connectivity index (χ4n) is 2.22. The maximum absolute atomic E-state index is 4.14. The number of hydrogen-bond acceptors (Lipinski definition) is 4. The Balaban J connectivity index is 2.10. The van der Waals surface area contributed by atoms with E-state index in [1.165, 1.54) is 12.8 Å². The molecule has 1 aliphatic rings. The third kappa shape index (κ3) is 2.17. The molecular formula is C10H19N5. The molecule has 1 fully saturated rings. The summed E-state index contributed by atoms with van der Waals surface area (Å²) in [7, 11) is 0. The van der Waals surface area contributed by atoms with E-state index in [1.54, 1.807) is 0 Å². The predicted molar refractivity (Wildman–Crippen MR) is 57.2 cm³/mol. The SMILES string of the molecule is CC(C)CNC1(c2nn[nH]n2)CCCC1. The lowest BCUT2D eigenvalue weighted by atomic mass is 9.96. The van der Waals surface area contributed by atoms with Gasteiger partial charge in [0.05, 0.1) is 5.54 Å². The lowest BCUT2D eigenvalue weighted by molar-refractivity contribution is 0.305. The Kier molecular flexibility index (Phi) is 3.00. The molecule has 0 unspecified atom stereocenters. The Labute approximate surface area is 90.0 Å². The second-order valence-corrected chi connectivity index (χ2v) is 4.80. The van der Waals surface area contributed by atoms with Gasteiger partial charge in [0.25, 0.3) is 0 Å². The molecule has 5 nitrogen and oxygen atoms in total. The van der Waals surface area contributed by atoms with E-state index in [-0.39, 0.29) is 5.54 Å². The van der Waals surface area contributed by atoms with Gasteiger partial charge in [0.15, 0.2) is 5.82 Å². The molecule has 2 rings (SSSR count). The quantitative estimate of drug-likeness (QED) is 0.782. The normalized spacial score (nSPS) is 19.9. The lowest BCUT2D eigenvalue weighted by Crippen LogP contribution is -2.42. The standard InChI is InChI=1S/C10H19N5/c1-8(2)7-11-10(5-3-4-6-10)9-12-14-15-13-9/h8,11H,3-7H2,1-2H3,(H,12,13,14,15). The van der Waals surface area contributed by atoms with Crippen LogP contribution in [0.3, 0.4) is 0 Å². The summed E-state index contributed by atoms with van der Waals surface area (Å²) < 4.78 is 0. The first-order valence-electron chi connectivity index (χ1n) is 5.72. The zero-order valence-electron chi connectivity index (χ0n) is 9.45. The number of aromatic amines is 1. The second kappa shape index (κ2) is 4.26. The van der Waals surface area contributed by atoms with E-state index in [1.807, 2.05) is 0 Å². The zero-order valence-corrected chi connectivity index (χ0v) is 9.45. The Hall–Kier alpha value is -0.970. The van der Waals surface area contributed by atoms with Gasteiger partial charge in [-0.05, 0) is 25.3 Å². The second-order valence-electron chi connectivity index (χ2n) is 4.80. The van der Waals surface area contributed by atoms with Crippen LogP contribution < -0.4 is 5.32 Å². The summed E-state index contributed by atoms with van der Waals surface area (Å²) in [4.78, 5) is 0. The van der Waals surface area contributed by atoms with Gasteiger partial charge in [-0.2, -0.15) is 5.21 Å². The van der Waals surface area contributed by atoms with Crippen LogP contribution in [0.4, 0.5) is 0 Å². The Morgan fingerprint density at radius 2 is 2.13 bits per heavy atom. The lowest BCUT2D eigenvalue weighted by Gasteiger charge is -2.27. The fraction of sp³-hybridized carbons (Fsp3) is 0.900. The first-order valence-corrected chi connectivity index (χ1v) is 5.72. The molecule has 1 heterocycles. The first-order chi connectivity index (χ1) is 7.23. The molecular weight excluding hydrogens is 190 g/mol. The fourth-order valence-corrected chi connectivity index (χ4v) is 2.22. The molecule has 2 N–H and O–H groups in total. The maximum atomic E-state index is 4.14. The Morgan fingerprint density at radius 1 is 1.40 bits per heavy atom. The number of hydrogen-bond donors (Lipinski definition) is 2. The summed E-state index contributed by atoms with van der Waals surface area (Å²) in [5, 5.41) is 18.1. The number of nitrogens with zero attached hydrogens (tertiary/aromatic N) is 3. The highest BCUT2D eigenvalue weighted by Gasteiger charge is 2.38. The summed E-state index contributed by atoms with van der Waals surface area (Å²) in [5.41, 5.74) is -0.0166. The molecule has 5 heteroatoms. The predicted octanol–water partition coefficient (Wildman–Crippen LogP) is 1.21. The van der Waals surface area contributed by atoms with Crippen LogP contribution in [0.25, 0.3) is 0 Å². The number of nitrogens with one attached hydrogen (secondary N) is 2. The molecule has 0 atom stereocenters. The monoisotopic (exact) mass is 209 g/mol. The van der Waals surface area contributed by atoms with E-state index < -0.39 is 0 Å². The van der Waals surface area contributed by atoms with Crippen molar-refractivity contribution in [1.29, 1.82) is 0 Å². The summed E-state index contributed by atoms with van der Waals surface area (Å²) in [5.74, 6) is 1.48. The molecule has 0 saturated heterocycles. The topological polar surface area (TPSA) is 66.5 Å². The molecule has 0 aliphatic heterocycles. The highest BCUT2D eigenvalue weighted by atomic mass is 15.5. The molecule has 0 radical (unpaired) electrons. The van der Waals surface area contributed by atoms with Crippen molar-refractivity contribution < 1.29 is 0 Å². The summed E-state index contributed by atoms with van der Waals surface area (Å²) in [6.45, 7) is 5.44. The van der Waals surface area contributed by atoms with Crippen molar-refractivity contribution in [3.63, 3.8) is 0 Å². The third-order valence-electron chi connectivity index (χ3n) is 3.08. The van der Waals surface area contributed by atoms with E-state index >= 15 is 0 Å². The average molecular weight is 209 g/mol. The molecule has 0 amide bonds. The van der Waals surface area contributed by atoms with Crippen LogP contribution in [0, 0.1) is 5.92 Å². The molecule has 1 aromatic rings. The van der Waals surface area contributed by atoms with Crippen molar-refractivity contribution in [2.75, 3.05) is 6.54 Å². The molecule has 0 bridgehead atoms. The number of aromatic nitrogens is 4. The van der Waals surface area contributed by atoms with Crippen molar-refractivity contribution in [3.8, 4) is 0 Å². The van der Waals surface area contributed by atoms with Gasteiger partial charge >= 0.3 is 0 Å². The van der Waals surface area contributed by atoms with Crippen LogP contribution in [0.1, 0.15) is 45.4 Å². The van der Waals surface area contributed by atoms with E-state index in [0.29, 0.717) is 5.92 Å². The van der Waals surface area contributed by atoms with Crippen LogP contribution in [0.2, 0.25) is 0 Å². The van der Waals surface area contributed by atoms with Gasteiger partial charge in [-0.25, -0.2) is 0 Å². The van der Waals surface area contributed by atoms with Gasteiger partial charge < -0.3 is 5.32 Å². The minimum absolute atomic E-state index is 0.0166. The van der Waals surface area contributed by atoms with E-state index in [4.69, 9.17) is 0 Å². The van der Waals surface area contributed by atoms with Crippen LogP contribution in [0.15, 0.2) is 0 Å². The number of tetrazole rings is 1.